The number of rotatable bonds is 2. The summed E-state index contributed by atoms with van der Waals surface area (Å²) in [6.07, 6.45) is 3.43. The third kappa shape index (κ3) is 2.57. The highest BCUT2D eigenvalue weighted by atomic mass is 32.1. The summed E-state index contributed by atoms with van der Waals surface area (Å²) in [6.45, 7) is 3.77. The molecule has 1 aliphatic rings. The zero-order valence-corrected chi connectivity index (χ0v) is 12.0. The number of aryl methyl sites for hydroxylation is 2. The number of hydrogen-bond acceptors (Lipinski definition) is 4. The van der Waals surface area contributed by atoms with Crippen LogP contribution in [0, 0.1) is 13.8 Å². The maximum atomic E-state index is 12.4. The van der Waals surface area contributed by atoms with Crippen molar-refractivity contribution in [2.24, 2.45) is 0 Å². The van der Waals surface area contributed by atoms with Crippen LogP contribution in [0.3, 0.4) is 0 Å². The van der Waals surface area contributed by atoms with E-state index in [-0.39, 0.29) is 18.1 Å². The molecule has 4 nitrogen and oxygen atoms in total. The Bertz CT molecular complexity index is 444. The minimum absolute atomic E-state index is 0.0101. The van der Waals surface area contributed by atoms with E-state index in [0.29, 0.717) is 4.88 Å². The summed E-state index contributed by atoms with van der Waals surface area (Å²) >= 11 is 1.43. The minimum atomic E-state index is -0.387. The molecule has 1 aliphatic carbocycles. The highest BCUT2D eigenvalue weighted by Gasteiger charge is 2.31. The van der Waals surface area contributed by atoms with E-state index in [1.807, 2.05) is 13.8 Å². The van der Waals surface area contributed by atoms with Gasteiger partial charge in [0.05, 0.1) is 22.8 Å². The predicted molar refractivity (Wildman–Crippen MR) is 71.9 cm³/mol. The Morgan fingerprint density at radius 3 is 2.61 bits per heavy atom. The second-order valence-electron chi connectivity index (χ2n) is 4.98. The first-order valence-corrected chi connectivity index (χ1v) is 7.21. The van der Waals surface area contributed by atoms with Gasteiger partial charge in [-0.05, 0) is 26.7 Å². The third-order valence-electron chi connectivity index (χ3n) is 3.61. The molecule has 2 unspecified atom stereocenters. The number of aliphatic hydroxyl groups is 1. The molecule has 2 atom stereocenters. The van der Waals surface area contributed by atoms with Gasteiger partial charge < -0.3 is 10.0 Å². The van der Waals surface area contributed by atoms with E-state index < -0.39 is 0 Å². The molecule has 0 bridgehead atoms. The largest absolute Gasteiger partial charge is 0.391 e. The minimum Gasteiger partial charge on any atom is -0.391 e. The van der Waals surface area contributed by atoms with Crippen molar-refractivity contribution in [1.29, 1.82) is 0 Å². The van der Waals surface area contributed by atoms with Gasteiger partial charge in [0.25, 0.3) is 5.91 Å². The monoisotopic (exact) mass is 268 g/mol. The molecular weight excluding hydrogens is 248 g/mol. The summed E-state index contributed by atoms with van der Waals surface area (Å²) in [5.41, 5.74) is 0.791. The first kappa shape index (κ1) is 13.5. The lowest BCUT2D eigenvalue weighted by atomic mass is 9.91. The van der Waals surface area contributed by atoms with Crippen LogP contribution in [0.2, 0.25) is 0 Å². The molecule has 2 rings (SSSR count). The molecule has 0 aromatic carbocycles. The number of aromatic nitrogens is 1. The van der Waals surface area contributed by atoms with Crippen LogP contribution in [-0.4, -0.2) is 40.1 Å². The van der Waals surface area contributed by atoms with E-state index in [1.165, 1.54) is 11.3 Å². The summed E-state index contributed by atoms with van der Waals surface area (Å²) in [6, 6.07) is -0.0481. The van der Waals surface area contributed by atoms with Crippen LogP contribution in [0.25, 0.3) is 0 Å². The van der Waals surface area contributed by atoms with Gasteiger partial charge in [0.1, 0.15) is 4.88 Å². The molecule has 1 heterocycles. The molecule has 0 radical (unpaired) electrons. The summed E-state index contributed by atoms with van der Waals surface area (Å²) in [7, 11) is 1.79. The van der Waals surface area contributed by atoms with Crippen LogP contribution < -0.4 is 0 Å². The van der Waals surface area contributed by atoms with Crippen LogP contribution >= 0.6 is 11.3 Å². The fraction of sp³-hybridized carbons (Fsp3) is 0.692. The quantitative estimate of drug-likeness (QED) is 0.894. The predicted octanol–water partition coefficient (Wildman–Crippen LogP) is 2.14. The SMILES string of the molecule is Cc1nc(C)c(C(=O)N(C)C2CCCCC2O)s1. The Kier molecular flexibility index (Phi) is 4.02. The molecule has 1 saturated carbocycles. The molecule has 1 aromatic rings. The first-order chi connectivity index (χ1) is 8.50. The van der Waals surface area contributed by atoms with Crippen LogP contribution in [0.5, 0.6) is 0 Å². The fourth-order valence-electron chi connectivity index (χ4n) is 2.58. The van der Waals surface area contributed by atoms with Crippen molar-refractivity contribution >= 4 is 17.2 Å². The molecule has 100 valence electrons. The van der Waals surface area contributed by atoms with Gasteiger partial charge in [-0.3, -0.25) is 4.79 Å². The van der Waals surface area contributed by atoms with Gasteiger partial charge in [-0.15, -0.1) is 11.3 Å². The standard InChI is InChI=1S/C13H20N2O2S/c1-8-12(18-9(2)14-8)13(17)15(3)10-6-4-5-7-11(10)16/h10-11,16H,4-7H2,1-3H3. The van der Waals surface area contributed by atoms with E-state index in [4.69, 9.17) is 0 Å². The van der Waals surface area contributed by atoms with Crippen molar-refractivity contribution in [2.75, 3.05) is 7.05 Å². The summed E-state index contributed by atoms with van der Waals surface area (Å²) in [5, 5.41) is 10.9. The number of likely N-dealkylation sites (N-methyl/N-ethyl adjacent to an activating group) is 1. The zero-order chi connectivity index (χ0) is 13.3. The summed E-state index contributed by atoms with van der Waals surface area (Å²) < 4.78 is 0. The molecule has 0 aliphatic heterocycles. The number of carbonyl (C=O) groups is 1. The Labute approximate surface area is 112 Å². The normalized spacial score (nSPS) is 24.0. The van der Waals surface area contributed by atoms with Crippen molar-refractivity contribution in [1.82, 2.24) is 9.88 Å². The second-order valence-corrected chi connectivity index (χ2v) is 6.19. The molecule has 0 spiro atoms. The summed E-state index contributed by atoms with van der Waals surface area (Å²) in [4.78, 5) is 19.1. The van der Waals surface area contributed by atoms with Crippen LogP contribution in [0.1, 0.15) is 46.1 Å². The number of amides is 1. The molecule has 1 N–H and O–H groups in total. The van der Waals surface area contributed by atoms with E-state index in [2.05, 4.69) is 4.98 Å². The molecule has 0 saturated heterocycles. The van der Waals surface area contributed by atoms with Crippen LogP contribution in [-0.2, 0) is 0 Å². The molecule has 1 aromatic heterocycles. The molecule has 18 heavy (non-hydrogen) atoms. The molecule has 1 fully saturated rings. The van der Waals surface area contributed by atoms with Crippen LogP contribution in [0.4, 0.5) is 0 Å². The van der Waals surface area contributed by atoms with Gasteiger partial charge in [-0.2, -0.15) is 0 Å². The Balaban J connectivity index is 2.15. The van der Waals surface area contributed by atoms with Gasteiger partial charge in [-0.25, -0.2) is 4.98 Å². The molecular formula is C13H20N2O2S. The van der Waals surface area contributed by atoms with Gasteiger partial charge in [0, 0.05) is 7.05 Å². The average molecular weight is 268 g/mol. The smallest absolute Gasteiger partial charge is 0.265 e. The number of hydrogen-bond donors (Lipinski definition) is 1. The van der Waals surface area contributed by atoms with Gasteiger partial charge in [0.2, 0.25) is 0 Å². The molecule has 1 amide bonds. The average Bonchev–Trinajstić information content (AvgIpc) is 2.67. The maximum Gasteiger partial charge on any atom is 0.265 e. The van der Waals surface area contributed by atoms with E-state index >= 15 is 0 Å². The third-order valence-corrected chi connectivity index (χ3v) is 4.67. The van der Waals surface area contributed by atoms with E-state index in [9.17, 15) is 9.90 Å². The van der Waals surface area contributed by atoms with Gasteiger partial charge in [0.15, 0.2) is 0 Å². The van der Waals surface area contributed by atoms with Crippen molar-refractivity contribution < 1.29 is 9.90 Å². The Morgan fingerprint density at radius 1 is 1.39 bits per heavy atom. The first-order valence-electron chi connectivity index (χ1n) is 6.40. The van der Waals surface area contributed by atoms with E-state index in [1.54, 1.807) is 11.9 Å². The van der Waals surface area contributed by atoms with Crippen molar-refractivity contribution in [3.63, 3.8) is 0 Å². The number of carbonyl (C=O) groups excluding carboxylic acids is 1. The second kappa shape index (κ2) is 5.36. The molecule has 5 heteroatoms. The topological polar surface area (TPSA) is 53.4 Å². The lowest BCUT2D eigenvalue weighted by Crippen LogP contribution is -2.46. The Hall–Kier alpha value is -0.940. The zero-order valence-electron chi connectivity index (χ0n) is 11.1. The number of aliphatic hydroxyl groups excluding tert-OH is 1. The fourth-order valence-corrected chi connectivity index (χ4v) is 3.49. The maximum absolute atomic E-state index is 12.4. The number of nitrogens with zero attached hydrogens (tertiary/aromatic N) is 2. The lowest BCUT2D eigenvalue weighted by molar-refractivity contribution is 0.0270. The van der Waals surface area contributed by atoms with Gasteiger partial charge in [-0.1, -0.05) is 12.8 Å². The number of thiazole rings is 1. The van der Waals surface area contributed by atoms with Gasteiger partial charge >= 0.3 is 0 Å². The van der Waals surface area contributed by atoms with Crippen molar-refractivity contribution in [3.05, 3.63) is 15.6 Å². The van der Waals surface area contributed by atoms with Crippen molar-refractivity contribution in [3.8, 4) is 0 Å². The van der Waals surface area contributed by atoms with Crippen molar-refractivity contribution in [2.45, 2.75) is 51.7 Å². The van der Waals surface area contributed by atoms with E-state index in [0.717, 1.165) is 36.4 Å². The highest BCUT2D eigenvalue weighted by Crippen LogP contribution is 2.26. The summed E-state index contributed by atoms with van der Waals surface area (Å²) in [5.74, 6) is -0.0101. The van der Waals surface area contributed by atoms with Crippen LogP contribution in [0.15, 0.2) is 0 Å². The lowest BCUT2D eigenvalue weighted by Gasteiger charge is -2.35. The highest BCUT2D eigenvalue weighted by molar-refractivity contribution is 7.13. The Morgan fingerprint density at radius 2 is 2.06 bits per heavy atom.